The molecule has 13 heteroatoms. The number of benzene rings is 2. The quantitative estimate of drug-likeness (QED) is 0.120. The number of carbonyl (C=O) groups is 2. The fourth-order valence-electron chi connectivity index (χ4n) is 5.07. The van der Waals surface area contributed by atoms with Gasteiger partial charge in [0.2, 0.25) is 21.6 Å². The van der Waals surface area contributed by atoms with Crippen LogP contribution in [0.1, 0.15) is 48.9 Å². The van der Waals surface area contributed by atoms with Gasteiger partial charge in [0.05, 0.1) is 11.5 Å². The second-order valence-electron chi connectivity index (χ2n) is 10.6. The van der Waals surface area contributed by atoms with Crippen LogP contribution in [-0.4, -0.2) is 60.2 Å². The molecule has 226 valence electrons. The van der Waals surface area contributed by atoms with E-state index < -0.39 is 33.6 Å². The van der Waals surface area contributed by atoms with Crippen molar-refractivity contribution in [3.8, 4) is 11.1 Å². The summed E-state index contributed by atoms with van der Waals surface area (Å²) in [5, 5.41) is 16.0. The van der Waals surface area contributed by atoms with Crippen LogP contribution < -0.4 is 20.8 Å². The number of hydrogen-bond acceptors (Lipinski definition) is 8. The van der Waals surface area contributed by atoms with E-state index in [9.17, 15) is 23.1 Å². The molecule has 1 fully saturated rings. The van der Waals surface area contributed by atoms with E-state index in [4.69, 9.17) is 4.84 Å². The molecule has 0 saturated carbocycles. The molecular formula is C29H38N6O6S. The summed E-state index contributed by atoms with van der Waals surface area (Å²) >= 11 is 0. The van der Waals surface area contributed by atoms with E-state index >= 15 is 0 Å². The summed E-state index contributed by atoms with van der Waals surface area (Å²) in [6.45, 7) is 6.09. The van der Waals surface area contributed by atoms with Gasteiger partial charge < -0.3 is 25.6 Å². The van der Waals surface area contributed by atoms with E-state index in [-0.39, 0.29) is 17.9 Å². The van der Waals surface area contributed by atoms with Crippen molar-refractivity contribution >= 4 is 27.8 Å². The molecule has 0 radical (unpaired) electrons. The minimum absolute atomic E-state index is 0.0256. The van der Waals surface area contributed by atoms with Gasteiger partial charge in [0, 0.05) is 18.4 Å². The van der Waals surface area contributed by atoms with E-state index in [1.807, 2.05) is 37.3 Å². The zero-order valence-corrected chi connectivity index (χ0v) is 24.8. The van der Waals surface area contributed by atoms with Crippen molar-refractivity contribution in [2.24, 2.45) is 0 Å². The molecule has 4 rings (SSSR count). The van der Waals surface area contributed by atoms with Gasteiger partial charge in [0.15, 0.2) is 5.95 Å². The molecule has 2 aromatic carbocycles. The number of carboxylic acids is 1. The van der Waals surface area contributed by atoms with E-state index in [1.54, 1.807) is 32.2 Å². The van der Waals surface area contributed by atoms with Crippen LogP contribution in [0.2, 0.25) is 0 Å². The van der Waals surface area contributed by atoms with Gasteiger partial charge >= 0.3 is 5.97 Å². The summed E-state index contributed by atoms with van der Waals surface area (Å²) in [6.07, 6.45) is 3.45. The third-order valence-electron chi connectivity index (χ3n) is 7.12. The number of aromatic amines is 1. The van der Waals surface area contributed by atoms with E-state index in [2.05, 4.69) is 30.8 Å². The third-order valence-corrected chi connectivity index (χ3v) is 8.92. The molecule has 1 amide bonds. The Labute approximate surface area is 245 Å². The second-order valence-corrected chi connectivity index (χ2v) is 12.2. The molecule has 3 aromatic rings. The average molecular weight is 599 g/mol. The molecule has 1 aliphatic rings. The van der Waals surface area contributed by atoms with E-state index in [0.717, 1.165) is 16.8 Å². The van der Waals surface area contributed by atoms with Gasteiger partial charge in [-0.05, 0) is 68.7 Å². The number of sulfonamides is 1. The van der Waals surface area contributed by atoms with Crippen molar-refractivity contribution in [2.75, 3.05) is 18.5 Å². The molecule has 12 nitrogen and oxygen atoms in total. The number of imidazole rings is 1. The molecular weight excluding hydrogens is 560 g/mol. The Balaban J connectivity index is 1.55. The van der Waals surface area contributed by atoms with Crippen molar-refractivity contribution in [3.05, 3.63) is 65.5 Å². The number of carboxylic acid groups (broad SMARTS) is 1. The molecule has 2 atom stereocenters. The summed E-state index contributed by atoms with van der Waals surface area (Å²) in [7, 11) is -4.40. The molecule has 2 unspecified atom stereocenters. The van der Waals surface area contributed by atoms with Crippen LogP contribution in [0.5, 0.6) is 0 Å². The molecule has 1 aliphatic heterocycles. The lowest BCUT2D eigenvalue weighted by Gasteiger charge is -2.32. The van der Waals surface area contributed by atoms with Crippen LogP contribution >= 0.6 is 0 Å². The van der Waals surface area contributed by atoms with Crippen molar-refractivity contribution < 1.29 is 28.0 Å². The van der Waals surface area contributed by atoms with Crippen LogP contribution in [0.3, 0.4) is 0 Å². The number of rotatable bonds is 14. The zero-order chi connectivity index (χ0) is 30.3. The maximum Gasteiger partial charge on any atom is 0.345 e. The first-order valence-electron chi connectivity index (χ1n) is 13.9. The highest BCUT2D eigenvalue weighted by Crippen LogP contribution is 2.29. The molecule has 1 aromatic heterocycles. The van der Waals surface area contributed by atoms with Crippen molar-refractivity contribution in [3.63, 3.8) is 0 Å². The SMILES string of the molecule is Cc1cnc(NCCCCCC(NC(=O)C2CCON2)(NS(=O)(=O)c2c(C)cc(-c3ccccc3)cc2C)C(=O)O)[nH]1. The first-order valence-corrected chi connectivity index (χ1v) is 15.4. The number of aryl methyl sites for hydroxylation is 3. The Morgan fingerprint density at radius 1 is 1.07 bits per heavy atom. The first kappa shape index (κ1) is 31.2. The second kappa shape index (κ2) is 13.5. The molecule has 0 aliphatic carbocycles. The summed E-state index contributed by atoms with van der Waals surface area (Å²) in [4.78, 5) is 38.1. The third kappa shape index (κ3) is 7.53. The average Bonchev–Trinajstić information content (AvgIpc) is 3.62. The minimum atomic E-state index is -4.40. The Kier molecular flexibility index (Phi) is 9.99. The van der Waals surface area contributed by atoms with E-state index in [0.29, 0.717) is 49.3 Å². The van der Waals surface area contributed by atoms with Crippen molar-refractivity contribution in [1.82, 2.24) is 25.5 Å². The number of nitrogens with zero attached hydrogens (tertiary/aromatic N) is 1. The molecule has 2 heterocycles. The highest BCUT2D eigenvalue weighted by atomic mass is 32.2. The number of carbonyl (C=O) groups excluding carboxylic acids is 1. The van der Waals surface area contributed by atoms with Crippen LogP contribution in [0.25, 0.3) is 11.1 Å². The topological polar surface area (TPSA) is 175 Å². The number of hydrogen-bond donors (Lipinski definition) is 6. The normalized spacial score (nSPS) is 16.6. The zero-order valence-electron chi connectivity index (χ0n) is 24.0. The Bertz CT molecular complexity index is 1480. The number of aliphatic carboxylic acids is 1. The van der Waals surface area contributed by atoms with Crippen LogP contribution in [0.4, 0.5) is 5.95 Å². The Hall–Kier alpha value is -3.78. The number of amides is 1. The molecule has 42 heavy (non-hydrogen) atoms. The fraction of sp³-hybridized carbons (Fsp3) is 0.414. The monoisotopic (exact) mass is 598 g/mol. The van der Waals surface area contributed by atoms with Crippen LogP contribution in [0, 0.1) is 20.8 Å². The predicted octanol–water partition coefficient (Wildman–Crippen LogP) is 3.14. The lowest BCUT2D eigenvalue weighted by molar-refractivity contribution is -0.149. The number of aromatic nitrogens is 2. The molecule has 1 saturated heterocycles. The van der Waals surface area contributed by atoms with E-state index in [1.165, 1.54) is 0 Å². The number of hydroxylamine groups is 1. The molecule has 6 N–H and O–H groups in total. The minimum Gasteiger partial charge on any atom is -0.478 e. The van der Waals surface area contributed by atoms with Crippen molar-refractivity contribution in [1.29, 1.82) is 0 Å². The summed E-state index contributed by atoms with van der Waals surface area (Å²) < 4.78 is 30.1. The predicted molar refractivity (Wildman–Crippen MR) is 158 cm³/mol. The van der Waals surface area contributed by atoms with Gasteiger partial charge in [-0.1, -0.05) is 48.9 Å². The van der Waals surface area contributed by atoms with Crippen molar-refractivity contribution in [2.45, 2.75) is 69.5 Å². The van der Waals surface area contributed by atoms with Gasteiger partial charge in [0.1, 0.15) is 6.04 Å². The van der Waals surface area contributed by atoms with Gasteiger partial charge in [0.25, 0.3) is 0 Å². The van der Waals surface area contributed by atoms with Gasteiger partial charge in [-0.15, -0.1) is 0 Å². The lowest BCUT2D eigenvalue weighted by Crippen LogP contribution is -2.67. The number of H-pyrrole nitrogens is 1. The largest absolute Gasteiger partial charge is 0.478 e. The summed E-state index contributed by atoms with van der Waals surface area (Å²) in [5.41, 5.74) is 3.88. The maximum absolute atomic E-state index is 13.9. The lowest BCUT2D eigenvalue weighted by atomic mass is 10.0. The highest BCUT2D eigenvalue weighted by molar-refractivity contribution is 7.89. The molecule has 0 spiro atoms. The Morgan fingerprint density at radius 2 is 1.79 bits per heavy atom. The van der Waals surface area contributed by atoms with Gasteiger partial charge in [-0.2, -0.15) is 10.2 Å². The smallest absolute Gasteiger partial charge is 0.345 e. The fourth-order valence-corrected chi connectivity index (χ4v) is 6.84. The number of anilines is 1. The Morgan fingerprint density at radius 3 is 2.38 bits per heavy atom. The highest BCUT2D eigenvalue weighted by Gasteiger charge is 2.45. The summed E-state index contributed by atoms with van der Waals surface area (Å²) in [6, 6.07) is 12.3. The summed E-state index contributed by atoms with van der Waals surface area (Å²) in [5.74, 6) is -1.53. The van der Waals surface area contributed by atoms with Gasteiger partial charge in [-0.3, -0.25) is 4.79 Å². The first-order chi connectivity index (χ1) is 20.0. The number of nitrogens with one attached hydrogen (secondary N) is 5. The van der Waals surface area contributed by atoms with Gasteiger partial charge in [-0.25, -0.2) is 18.2 Å². The van der Waals surface area contributed by atoms with Crippen LogP contribution in [-0.2, 0) is 24.4 Å². The molecule has 0 bridgehead atoms. The standard InChI is InChI=1S/C29H38N6O6S/c1-19-16-23(22-10-6-4-7-11-22)17-20(2)25(19)42(39,40)35-29(27(37)38,33-26(36)24-12-15-41-34-24)13-8-5-9-14-30-28-31-18-21(3)32-28/h4,6-7,10-11,16-18,24,34-35H,5,8-9,12-15H2,1-3H3,(H,33,36)(H,37,38)(H2,30,31,32). The maximum atomic E-state index is 13.9. The van der Waals surface area contributed by atoms with Crippen LogP contribution in [0.15, 0.2) is 53.6 Å². The number of unbranched alkanes of at least 4 members (excludes halogenated alkanes) is 2.